The fourth-order valence-electron chi connectivity index (χ4n) is 4.80. The lowest BCUT2D eigenvalue weighted by Crippen LogP contribution is -2.35. The summed E-state index contributed by atoms with van der Waals surface area (Å²) in [7, 11) is 1.61. The number of halogens is 1. The molecule has 0 spiro atoms. The molecule has 0 saturated carbocycles. The van der Waals surface area contributed by atoms with Gasteiger partial charge in [0, 0.05) is 35.3 Å². The first-order valence-corrected chi connectivity index (χ1v) is 11.0. The molecule has 1 saturated heterocycles. The van der Waals surface area contributed by atoms with Crippen molar-refractivity contribution in [2.75, 3.05) is 40.0 Å². The van der Waals surface area contributed by atoms with E-state index in [2.05, 4.69) is 27.0 Å². The highest BCUT2D eigenvalue weighted by Crippen LogP contribution is 2.37. The fourth-order valence-corrected chi connectivity index (χ4v) is 4.80. The van der Waals surface area contributed by atoms with E-state index in [1.54, 1.807) is 19.4 Å². The summed E-state index contributed by atoms with van der Waals surface area (Å²) in [6.07, 6.45) is 7.36. The third kappa shape index (κ3) is 4.23. The lowest BCUT2D eigenvalue weighted by Gasteiger charge is -2.32. The number of aromatic amines is 1. The van der Waals surface area contributed by atoms with E-state index in [0.29, 0.717) is 11.7 Å². The van der Waals surface area contributed by atoms with Crippen molar-refractivity contribution in [3.8, 4) is 16.9 Å². The summed E-state index contributed by atoms with van der Waals surface area (Å²) in [6.45, 7) is 4.80. The standard InChI is InChI=1S/C25H28FN3O2/c1-30-24-5-4-19(26)13-21(24)20-6-9-27-25-22(20)14-23(28-25)18-7-10-29(11-8-18)15-17-3-2-12-31-16-17/h3-6,9,13-14,18H,2,7-8,10-12,15-16H2,1H3,(H,27,28). The number of nitrogens with zero attached hydrogens (tertiary/aromatic N) is 2. The second-order valence-corrected chi connectivity index (χ2v) is 8.44. The number of fused-ring (bicyclic) bond motifs is 1. The minimum Gasteiger partial charge on any atom is -0.496 e. The van der Waals surface area contributed by atoms with Gasteiger partial charge in [0.25, 0.3) is 0 Å². The highest BCUT2D eigenvalue weighted by molar-refractivity contribution is 5.95. The van der Waals surface area contributed by atoms with Gasteiger partial charge in [0.1, 0.15) is 17.2 Å². The third-order valence-corrected chi connectivity index (χ3v) is 6.44. The van der Waals surface area contributed by atoms with Gasteiger partial charge < -0.3 is 14.5 Å². The number of H-pyrrole nitrogens is 1. The zero-order valence-corrected chi connectivity index (χ0v) is 17.9. The molecule has 1 fully saturated rings. The molecule has 0 radical (unpaired) electrons. The average molecular weight is 422 g/mol. The van der Waals surface area contributed by atoms with Crippen LogP contribution in [0, 0.1) is 5.82 Å². The smallest absolute Gasteiger partial charge is 0.138 e. The molecule has 0 bridgehead atoms. The molecule has 1 N–H and O–H groups in total. The maximum atomic E-state index is 14.0. The zero-order valence-electron chi connectivity index (χ0n) is 17.9. The number of rotatable bonds is 5. The van der Waals surface area contributed by atoms with Gasteiger partial charge in [0.15, 0.2) is 0 Å². The number of hydrogen-bond acceptors (Lipinski definition) is 4. The van der Waals surface area contributed by atoms with E-state index in [0.717, 1.165) is 74.3 Å². The van der Waals surface area contributed by atoms with Crippen LogP contribution in [-0.4, -0.2) is 54.8 Å². The van der Waals surface area contributed by atoms with Crippen molar-refractivity contribution in [3.63, 3.8) is 0 Å². The molecule has 31 heavy (non-hydrogen) atoms. The molecule has 2 aliphatic rings. The van der Waals surface area contributed by atoms with Crippen LogP contribution in [0.2, 0.25) is 0 Å². The Morgan fingerprint density at radius 1 is 1.19 bits per heavy atom. The van der Waals surface area contributed by atoms with E-state index in [1.807, 2.05) is 6.07 Å². The molecule has 5 nitrogen and oxygen atoms in total. The van der Waals surface area contributed by atoms with Crippen LogP contribution in [0.3, 0.4) is 0 Å². The highest BCUT2D eigenvalue weighted by Gasteiger charge is 2.24. The van der Waals surface area contributed by atoms with Gasteiger partial charge in [-0.1, -0.05) is 6.08 Å². The number of piperidine rings is 1. The topological polar surface area (TPSA) is 50.4 Å². The van der Waals surface area contributed by atoms with Crippen molar-refractivity contribution in [2.45, 2.75) is 25.2 Å². The van der Waals surface area contributed by atoms with Crippen molar-refractivity contribution >= 4 is 11.0 Å². The van der Waals surface area contributed by atoms with Crippen LogP contribution in [0.4, 0.5) is 4.39 Å². The lowest BCUT2D eigenvalue weighted by atomic mass is 9.92. The number of ether oxygens (including phenoxy) is 2. The number of methoxy groups -OCH3 is 1. The lowest BCUT2D eigenvalue weighted by molar-refractivity contribution is 0.137. The summed E-state index contributed by atoms with van der Waals surface area (Å²) < 4.78 is 25.0. The molecule has 0 atom stereocenters. The van der Waals surface area contributed by atoms with E-state index in [9.17, 15) is 4.39 Å². The average Bonchev–Trinajstić information content (AvgIpc) is 3.25. The fraction of sp³-hybridized carbons (Fsp3) is 0.400. The molecule has 2 aromatic heterocycles. The normalized spacial score (nSPS) is 18.3. The van der Waals surface area contributed by atoms with Crippen LogP contribution in [0.25, 0.3) is 22.2 Å². The van der Waals surface area contributed by atoms with Crippen LogP contribution in [0.1, 0.15) is 30.9 Å². The van der Waals surface area contributed by atoms with Gasteiger partial charge in [0.2, 0.25) is 0 Å². The van der Waals surface area contributed by atoms with Gasteiger partial charge in [-0.2, -0.15) is 0 Å². The van der Waals surface area contributed by atoms with Gasteiger partial charge in [0.05, 0.1) is 20.3 Å². The van der Waals surface area contributed by atoms with Crippen LogP contribution in [-0.2, 0) is 4.74 Å². The van der Waals surface area contributed by atoms with Gasteiger partial charge in [-0.25, -0.2) is 9.37 Å². The second-order valence-electron chi connectivity index (χ2n) is 8.44. The van der Waals surface area contributed by atoms with Gasteiger partial charge in [-0.05, 0) is 73.8 Å². The largest absolute Gasteiger partial charge is 0.496 e. The van der Waals surface area contributed by atoms with Crippen LogP contribution < -0.4 is 4.74 Å². The van der Waals surface area contributed by atoms with Crippen LogP contribution in [0.5, 0.6) is 5.75 Å². The molecule has 0 unspecified atom stereocenters. The predicted octanol–water partition coefficient (Wildman–Crippen LogP) is 4.90. The number of benzene rings is 1. The summed E-state index contributed by atoms with van der Waals surface area (Å²) in [5.74, 6) is 0.859. The maximum Gasteiger partial charge on any atom is 0.138 e. The molecule has 1 aromatic carbocycles. The number of pyridine rings is 1. The minimum absolute atomic E-state index is 0.276. The Bertz CT molecular complexity index is 1100. The molecule has 2 aliphatic heterocycles. The van der Waals surface area contributed by atoms with Crippen molar-refractivity contribution in [1.29, 1.82) is 0 Å². The Balaban J connectivity index is 1.36. The van der Waals surface area contributed by atoms with Gasteiger partial charge >= 0.3 is 0 Å². The molecule has 4 heterocycles. The Morgan fingerprint density at radius 2 is 2.06 bits per heavy atom. The summed E-state index contributed by atoms with van der Waals surface area (Å²) in [5, 5.41) is 1.01. The monoisotopic (exact) mass is 421 g/mol. The zero-order chi connectivity index (χ0) is 21.2. The first-order valence-electron chi connectivity index (χ1n) is 11.0. The summed E-state index contributed by atoms with van der Waals surface area (Å²) in [6, 6.07) is 8.75. The molecule has 5 rings (SSSR count). The first-order chi connectivity index (χ1) is 15.2. The molecule has 162 valence electrons. The van der Waals surface area contributed by atoms with Crippen molar-refractivity contribution in [1.82, 2.24) is 14.9 Å². The Morgan fingerprint density at radius 3 is 2.84 bits per heavy atom. The molecular weight excluding hydrogens is 393 g/mol. The summed E-state index contributed by atoms with van der Waals surface area (Å²) in [4.78, 5) is 10.6. The molecular formula is C25H28FN3O2. The molecule has 3 aromatic rings. The predicted molar refractivity (Wildman–Crippen MR) is 120 cm³/mol. The maximum absolute atomic E-state index is 14.0. The quantitative estimate of drug-likeness (QED) is 0.595. The number of nitrogens with one attached hydrogen (secondary N) is 1. The van der Waals surface area contributed by atoms with Crippen LogP contribution in [0.15, 0.2) is 48.2 Å². The van der Waals surface area contributed by atoms with E-state index in [1.165, 1.54) is 23.4 Å². The molecule has 0 aliphatic carbocycles. The Kier molecular flexibility index (Phi) is 5.74. The Labute approximate surface area is 181 Å². The van der Waals surface area contributed by atoms with Crippen molar-refractivity contribution < 1.29 is 13.9 Å². The molecule has 6 heteroatoms. The highest BCUT2D eigenvalue weighted by atomic mass is 19.1. The second kappa shape index (κ2) is 8.81. The number of hydrogen-bond donors (Lipinski definition) is 1. The van der Waals surface area contributed by atoms with Crippen molar-refractivity contribution in [3.05, 3.63) is 59.7 Å². The van der Waals surface area contributed by atoms with Crippen molar-refractivity contribution in [2.24, 2.45) is 0 Å². The minimum atomic E-state index is -0.276. The summed E-state index contributed by atoms with van der Waals surface area (Å²) >= 11 is 0. The first kappa shape index (κ1) is 20.2. The van der Waals surface area contributed by atoms with Gasteiger partial charge in [-0.15, -0.1) is 0 Å². The van der Waals surface area contributed by atoms with Gasteiger partial charge in [-0.3, -0.25) is 4.90 Å². The number of likely N-dealkylation sites (tertiary alicyclic amines) is 1. The van der Waals surface area contributed by atoms with E-state index in [-0.39, 0.29) is 5.82 Å². The van der Waals surface area contributed by atoms with E-state index in [4.69, 9.17) is 9.47 Å². The van der Waals surface area contributed by atoms with E-state index >= 15 is 0 Å². The molecule has 0 amide bonds. The summed E-state index contributed by atoms with van der Waals surface area (Å²) in [5.41, 5.74) is 5.15. The van der Waals surface area contributed by atoms with Crippen LogP contribution >= 0.6 is 0 Å². The van der Waals surface area contributed by atoms with E-state index < -0.39 is 0 Å². The number of aromatic nitrogens is 2. The SMILES string of the molecule is COc1ccc(F)cc1-c1ccnc2[nH]c(C3CCN(CC4=CCCOC4)CC3)cc12. The third-order valence-electron chi connectivity index (χ3n) is 6.44. The Hall–Kier alpha value is -2.70.